The second-order valence-electron chi connectivity index (χ2n) is 9.00. The fraction of sp³-hybridized carbons (Fsp3) is 0.583. The topological polar surface area (TPSA) is 143 Å². The SMILES string of the molecule is NC(N)=NCCC[C@@H](C=O)NC(=O)[C@@H]1C[C@H](Cc2ccccc2)CN1C(=O)[C@H]1CCCCN1. The minimum atomic E-state index is -0.635. The normalized spacial score (nSPS) is 23.5. The monoisotopic (exact) mass is 456 g/mol. The Bertz CT molecular complexity index is 821. The number of nitrogens with one attached hydrogen (secondary N) is 2. The lowest BCUT2D eigenvalue weighted by Gasteiger charge is -2.31. The van der Waals surface area contributed by atoms with E-state index in [9.17, 15) is 14.4 Å². The lowest BCUT2D eigenvalue weighted by Crippen LogP contribution is -2.54. The summed E-state index contributed by atoms with van der Waals surface area (Å²) in [6.45, 7) is 1.75. The second kappa shape index (κ2) is 12.3. The van der Waals surface area contributed by atoms with Crippen LogP contribution in [-0.4, -0.2) is 66.7 Å². The highest BCUT2D eigenvalue weighted by Crippen LogP contribution is 2.28. The van der Waals surface area contributed by atoms with Gasteiger partial charge in [-0.15, -0.1) is 0 Å². The van der Waals surface area contributed by atoms with Gasteiger partial charge in [-0.25, -0.2) is 0 Å². The minimum absolute atomic E-state index is 0.00239. The van der Waals surface area contributed by atoms with Crippen LogP contribution >= 0.6 is 0 Å². The third-order valence-electron chi connectivity index (χ3n) is 6.41. The Hall–Kier alpha value is -2.94. The van der Waals surface area contributed by atoms with Gasteiger partial charge >= 0.3 is 0 Å². The molecule has 1 aromatic carbocycles. The fourth-order valence-corrected chi connectivity index (χ4v) is 4.75. The first-order valence-corrected chi connectivity index (χ1v) is 11.9. The summed E-state index contributed by atoms with van der Waals surface area (Å²) in [6, 6.07) is 8.67. The Kier molecular flexibility index (Phi) is 9.24. The fourth-order valence-electron chi connectivity index (χ4n) is 4.75. The van der Waals surface area contributed by atoms with Gasteiger partial charge in [-0.2, -0.15) is 0 Å². The van der Waals surface area contributed by atoms with Crippen LogP contribution in [0, 0.1) is 5.92 Å². The summed E-state index contributed by atoms with van der Waals surface area (Å²) < 4.78 is 0. The van der Waals surface area contributed by atoms with Gasteiger partial charge < -0.3 is 31.8 Å². The predicted octanol–water partition coefficient (Wildman–Crippen LogP) is 0.326. The molecule has 0 unspecified atom stereocenters. The molecule has 0 aromatic heterocycles. The Balaban J connectivity index is 1.66. The van der Waals surface area contributed by atoms with Crippen LogP contribution in [0.3, 0.4) is 0 Å². The van der Waals surface area contributed by atoms with E-state index in [1.807, 2.05) is 18.2 Å². The van der Waals surface area contributed by atoms with E-state index in [2.05, 4.69) is 27.8 Å². The molecule has 0 bridgehead atoms. The number of hydrogen-bond acceptors (Lipinski definition) is 5. The van der Waals surface area contributed by atoms with Crippen molar-refractivity contribution in [2.45, 2.75) is 63.1 Å². The molecule has 0 spiro atoms. The summed E-state index contributed by atoms with van der Waals surface area (Å²) in [6.07, 6.45) is 5.98. The van der Waals surface area contributed by atoms with Crippen LogP contribution in [0.1, 0.15) is 44.1 Å². The Morgan fingerprint density at radius 3 is 2.70 bits per heavy atom. The molecule has 6 N–H and O–H groups in total. The molecule has 0 saturated carbocycles. The van der Waals surface area contributed by atoms with Gasteiger partial charge in [0.1, 0.15) is 12.3 Å². The number of amides is 2. The second-order valence-corrected chi connectivity index (χ2v) is 9.00. The van der Waals surface area contributed by atoms with E-state index in [1.54, 1.807) is 4.90 Å². The molecule has 1 aromatic rings. The van der Waals surface area contributed by atoms with E-state index in [0.29, 0.717) is 32.4 Å². The highest BCUT2D eigenvalue weighted by molar-refractivity contribution is 5.91. The summed E-state index contributed by atoms with van der Waals surface area (Å²) in [7, 11) is 0. The lowest BCUT2D eigenvalue weighted by molar-refractivity contribution is -0.140. The molecule has 180 valence electrons. The zero-order valence-corrected chi connectivity index (χ0v) is 19.1. The molecular formula is C24H36N6O3. The van der Waals surface area contributed by atoms with Gasteiger partial charge in [-0.05, 0) is 56.6 Å². The Labute approximate surface area is 195 Å². The summed E-state index contributed by atoms with van der Waals surface area (Å²) in [5, 5.41) is 6.14. The van der Waals surface area contributed by atoms with E-state index in [1.165, 1.54) is 5.56 Å². The van der Waals surface area contributed by atoms with Crippen molar-refractivity contribution in [2.24, 2.45) is 22.4 Å². The summed E-state index contributed by atoms with van der Waals surface area (Å²) in [4.78, 5) is 43.7. The summed E-state index contributed by atoms with van der Waals surface area (Å²) in [5.74, 6) is -0.0932. The highest BCUT2D eigenvalue weighted by Gasteiger charge is 2.42. The third kappa shape index (κ3) is 7.28. The molecule has 2 saturated heterocycles. The standard InChI is InChI=1S/C24H36N6O3/c25-24(26)28-12-6-9-19(16-31)29-22(32)21-14-18(13-17-7-2-1-3-8-17)15-30(21)23(33)20-10-4-5-11-27-20/h1-3,7-8,16,18-21,27H,4-6,9-15H2,(H,29,32)(H4,25,26,28)/t18-,19-,20+,21-/m0/s1. The number of rotatable bonds is 10. The zero-order chi connectivity index (χ0) is 23.6. The van der Waals surface area contributed by atoms with E-state index >= 15 is 0 Å². The molecule has 3 rings (SSSR count). The molecule has 9 heteroatoms. The van der Waals surface area contributed by atoms with Crippen molar-refractivity contribution in [1.82, 2.24) is 15.5 Å². The van der Waals surface area contributed by atoms with Gasteiger partial charge in [0.05, 0.1) is 12.1 Å². The first-order valence-electron chi connectivity index (χ1n) is 11.9. The number of nitrogens with two attached hydrogens (primary N) is 2. The number of carbonyl (C=O) groups is 3. The van der Waals surface area contributed by atoms with E-state index in [4.69, 9.17) is 11.5 Å². The molecule has 0 radical (unpaired) electrons. The van der Waals surface area contributed by atoms with Crippen molar-refractivity contribution in [2.75, 3.05) is 19.6 Å². The minimum Gasteiger partial charge on any atom is -0.370 e. The van der Waals surface area contributed by atoms with Crippen LogP contribution in [-0.2, 0) is 20.8 Å². The number of benzene rings is 1. The van der Waals surface area contributed by atoms with Crippen LogP contribution < -0.4 is 22.1 Å². The van der Waals surface area contributed by atoms with Gasteiger partial charge in [-0.1, -0.05) is 36.8 Å². The van der Waals surface area contributed by atoms with Crippen molar-refractivity contribution in [3.8, 4) is 0 Å². The van der Waals surface area contributed by atoms with Crippen LogP contribution in [0.2, 0.25) is 0 Å². The van der Waals surface area contributed by atoms with Gasteiger partial charge in [-0.3, -0.25) is 14.6 Å². The summed E-state index contributed by atoms with van der Waals surface area (Å²) in [5.41, 5.74) is 11.8. The maximum absolute atomic E-state index is 13.3. The molecule has 2 aliphatic heterocycles. The number of piperidine rings is 1. The van der Waals surface area contributed by atoms with Crippen molar-refractivity contribution in [3.05, 3.63) is 35.9 Å². The molecule has 0 aliphatic carbocycles. The molecule has 2 fully saturated rings. The molecular weight excluding hydrogens is 420 g/mol. The number of guanidine groups is 1. The van der Waals surface area contributed by atoms with Crippen molar-refractivity contribution < 1.29 is 14.4 Å². The van der Waals surface area contributed by atoms with Crippen molar-refractivity contribution in [3.63, 3.8) is 0 Å². The van der Waals surface area contributed by atoms with E-state index < -0.39 is 12.1 Å². The molecule has 33 heavy (non-hydrogen) atoms. The highest BCUT2D eigenvalue weighted by atomic mass is 16.2. The van der Waals surface area contributed by atoms with Crippen LogP contribution in [0.25, 0.3) is 0 Å². The van der Waals surface area contributed by atoms with Gasteiger partial charge in [0, 0.05) is 13.1 Å². The maximum atomic E-state index is 13.3. The van der Waals surface area contributed by atoms with E-state index in [-0.39, 0.29) is 29.7 Å². The quantitative estimate of drug-likeness (QED) is 0.173. The Morgan fingerprint density at radius 2 is 2.03 bits per heavy atom. The first kappa shape index (κ1) is 24.7. The van der Waals surface area contributed by atoms with Crippen molar-refractivity contribution in [1.29, 1.82) is 0 Å². The first-order chi connectivity index (χ1) is 16.0. The van der Waals surface area contributed by atoms with Gasteiger partial charge in [0.2, 0.25) is 11.8 Å². The van der Waals surface area contributed by atoms with E-state index in [0.717, 1.165) is 38.5 Å². The molecule has 2 aliphatic rings. The third-order valence-corrected chi connectivity index (χ3v) is 6.41. The number of carbonyl (C=O) groups excluding carboxylic acids is 3. The predicted molar refractivity (Wildman–Crippen MR) is 127 cm³/mol. The maximum Gasteiger partial charge on any atom is 0.243 e. The average Bonchev–Trinajstić information content (AvgIpc) is 3.25. The number of aliphatic imine (C=N–C) groups is 1. The summed E-state index contributed by atoms with van der Waals surface area (Å²) >= 11 is 0. The van der Waals surface area contributed by atoms with Crippen LogP contribution in [0.5, 0.6) is 0 Å². The van der Waals surface area contributed by atoms with Crippen LogP contribution in [0.15, 0.2) is 35.3 Å². The zero-order valence-electron chi connectivity index (χ0n) is 19.1. The number of hydrogen-bond donors (Lipinski definition) is 4. The molecule has 2 heterocycles. The average molecular weight is 457 g/mol. The number of likely N-dealkylation sites (tertiary alicyclic amines) is 1. The largest absolute Gasteiger partial charge is 0.370 e. The lowest BCUT2D eigenvalue weighted by atomic mass is 9.96. The van der Waals surface area contributed by atoms with Gasteiger partial charge in [0.25, 0.3) is 0 Å². The Morgan fingerprint density at radius 1 is 1.24 bits per heavy atom. The van der Waals surface area contributed by atoms with Gasteiger partial charge in [0.15, 0.2) is 5.96 Å². The van der Waals surface area contributed by atoms with Crippen molar-refractivity contribution >= 4 is 24.1 Å². The molecule has 9 nitrogen and oxygen atoms in total. The number of aldehydes is 1. The molecule has 2 amide bonds. The number of nitrogens with zero attached hydrogens (tertiary/aromatic N) is 2. The van der Waals surface area contributed by atoms with Crippen LogP contribution in [0.4, 0.5) is 0 Å². The smallest absolute Gasteiger partial charge is 0.243 e. The molecule has 4 atom stereocenters.